The van der Waals surface area contributed by atoms with E-state index in [2.05, 4.69) is 11.6 Å². The lowest BCUT2D eigenvalue weighted by Crippen LogP contribution is -2.24. The molecule has 0 radical (unpaired) electrons. The molecule has 1 aliphatic rings. The van der Waals surface area contributed by atoms with Gasteiger partial charge in [-0.3, -0.25) is 14.7 Å². The minimum atomic E-state index is -0.0646. The third-order valence-electron chi connectivity index (χ3n) is 3.31. The second kappa shape index (κ2) is 7.87. The van der Waals surface area contributed by atoms with Gasteiger partial charge in [-0.2, -0.15) is 0 Å². The molecule has 1 aromatic carbocycles. The molecule has 1 aromatic rings. The highest BCUT2D eigenvalue weighted by molar-refractivity contribution is 8.18. The molecule has 2 rings (SSSR count). The number of carbonyl (C=O) groups excluding carboxylic acids is 1. The van der Waals surface area contributed by atoms with Crippen LogP contribution in [0.3, 0.4) is 0 Å². The van der Waals surface area contributed by atoms with Gasteiger partial charge in [0, 0.05) is 25.2 Å². The Labute approximate surface area is 140 Å². The molecule has 0 saturated carbocycles. The van der Waals surface area contributed by atoms with E-state index in [1.807, 2.05) is 24.3 Å². The van der Waals surface area contributed by atoms with E-state index >= 15 is 0 Å². The number of hydrogen-bond acceptors (Lipinski definition) is 5. The van der Waals surface area contributed by atoms with Crippen LogP contribution in [0.1, 0.15) is 12.0 Å². The Balaban J connectivity index is 2.28. The number of ether oxygens (including phenoxy) is 2. The number of aliphatic imine (C=N–C) groups is 1. The summed E-state index contributed by atoms with van der Waals surface area (Å²) in [6, 6.07) is 5.49. The summed E-state index contributed by atoms with van der Waals surface area (Å²) in [6.45, 7) is 4.30. The first kappa shape index (κ1) is 17.1. The van der Waals surface area contributed by atoms with E-state index in [9.17, 15) is 4.79 Å². The average molecular weight is 332 g/mol. The van der Waals surface area contributed by atoms with Gasteiger partial charge in [0.2, 0.25) is 0 Å². The summed E-state index contributed by atoms with van der Waals surface area (Å²) in [7, 11) is 4.92. The van der Waals surface area contributed by atoms with E-state index in [1.165, 1.54) is 11.8 Å². The van der Waals surface area contributed by atoms with Crippen molar-refractivity contribution < 1.29 is 14.3 Å². The fourth-order valence-corrected chi connectivity index (χ4v) is 3.01. The predicted octanol–water partition coefficient (Wildman–Crippen LogP) is 3.18. The van der Waals surface area contributed by atoms with Crippen molar-refractivity contribution in [2.45, 2.75) is 6.42 Å². The van der Waals surface area contributed by atoms with Gasteiger partial charge in [0.15, 0.2) is 5.17 Å². The average Bonchev–Trinajstić information content (AvgIpc) is 2.83. The van der Waals surface area contributed by atoms with Crippen LogP contribution in [0.5, 0.6) is 11.5 Å². The minimum Gasteiger partial charge on any atom is -0.497 e. The summed E-state index contributed by atoms with van der Waals surface area (Å²) in [4.78, 5) is 19.0. The maximum Gasteiger partial charge on any atom is 0.266 e. The minimum absolute atomic E-state index is 0.0646. The monoisotopic (exact) mass is 332 g/mol. The Bertz CT molecular complexity index is 668. The number of carbonyl (C=O) groups is 1. The summed E-state index contributed by atoms with van der Waals surface area (Å²) in [6.07, 6.45) is 4.42. The molecule has 1 saturated heterocycles. The Morgan fingerprint density at radius 2 is 2.13 bits per heavy atom. The molecule has 0 aromatic heterocycles. The molecular weight excluding hydrogens is 312 g/mol. The second-order valence-electron chi connectivity index (χ2n) is 4.82. The number of hydrogen-bond donors (Lipinski definition) is 0. The van der Waals surface area contributed by atoms with Gasteiger partial charge in [0.05, 0.1) is 19.1 Å². The number of rotatable bonds is 6. The van der Waals surface area contributed by atoms with Crippen molar-refractivity contribution in [1.29, 1.82) is 0 Å². The molecule has 23 heavy (non-hydrogen) atoms. The molecule has 0 aliphatic carbocycles. The Hall–Kier alpha value is -2.21. The zero-order chi connectivity index (χ0) is 16.8. The van der Waals surface area contributed by atoms with Crippen LogP contribution in [0, 0.1) is 0 Å². The van der Waals surface area contributed by atoms with E-state index in [0.29, 0.717) is 28.1 Å². The molecule has 1 aliphatic heterocycles. The predicted molar refractivity (Wildman–Crippen MR) is 95.0 cm³/mol. The van der Waals surface area contributed by atoms with Crippen LogP contribution in [0.2, 0.25) is 0 Å². The van der Waals surface area contributed by atoms with E-state index in [1.54, 1.807) is 32.2 Å². The molecule has 6 heteroatoms. The maximum absolute atomic E-state index is 12.3. The number of benzene rings is 1. The molecule has 122 valence electrons. The van der Waals surface area contributed by atoms with Gasteiger partial charge >= 0.3 is 0 Å². The van der Waals surface area contributed by atoms with Crippen LogP contribution in [-0.4, -0.2) is 43.8 Å². The fraction of sp³-hybridized carbons (Fsp3) is 0.294. The standard InChI is InChI=1S/C17H20N2O3S/c1-5-6-9-18-17-19(2)16(20)15(23-17)10-12-7-8-13(21-3)11-14(12)22-4/h5,7-8,10-11H,1,6,9H2,2-4H3. The van der Waals surface area contributed by atoms with Crippen LogP contribution < -0.4 is 9.47 Å². The zero-order valence-corrected chi connectivity index (χ0v) is 14.4. The lowest BCUT2D eigenvalue weighted by atomic mass is 10.1. The summed E-state index contributed by atoms with van der Waals surface area (Å²) < 4.78 is 10.5. The SMILES string of the molecule is C=CCCN=C1SC(=Cc2ccc(OC)cc2OC)C(=O)N1C. The maximum atomic E-state index is 12.3. The van der Waals surface area contributed by atoms with E-state index in [-0.39, 0.29) is 5.91 Å². The van der Waals surface area contributed by atoms with Gasteiger partial charge in [-0.25, -0.2) is 0 Å². The molecule has 0 N–H and O–H groups in total. The summed E-state index contributed by atoms with van der Waals surface area (Å²) in [5.41, 5.74) is 0.824. The molecule has 1 amide bonds. The van der Waals surface area contributed by atoms with Gasteiger partial charge in [-0.05, 0) is 36.4 Å². The van der Waals surface area contributed by atoms with Crippen molar-refractivity contribution in [2.75, 3.05) is 27.8 Å². The molecule has 5 nitrogen and oxygen atoms in total. The Morgan fingerprint density at radius 1 is 1.35 bits per heavy atom. The van der Waals surface area contributed by atoms with Crippen LogP contribution in [0.15, 0.2) is 40.8 Å². The second-order valence-corrected chi connectivity index (χ2v) is 5.83. The van der Waals surface area contributed by atoms with Crippen molar-refractivity contribution in [1.82, 2.24) is 4.90 Å². The molecule has 0 spiro atoms. The third-order valence-corrected chi connectivity index (χ3v) is 4.41. The van der Waals surface area contributed by atoms with Crippen LogP contribution in [-0.2, 0) is 4.79 Å². The number of amidine groups is 1. The van der Waals surface area contributed by atoms with E-state index in [0.717, 1.165) is 12.0 Å². The highest BCUT2D eigenvalue weighted by Gasteiger charge is 2.30. The van der Waals surface area contributed by atoms with Gasteiger partial charge < -0.3 is 9.47 Å². The first-order valence-corrected chi connectivity index (χ1v) is 7.97. The van der Waals surface area contributed by atoms with Gasteiger partial charge in [-0.1, -0.05) is 6.08 Å². The molecule has 1 heterocycles. The molecular formula is C17H20N2O3S. The number of methoxy groups -OCH3 is 2. The zero-order valence-electron chi connectivity index (χ0n) is 13.5. The number of likely N-dealkylation sites (N-methyl/N-ethyl adjacent to an activating group) is 1. The normalized spacial score (nSPS) is 17.9. The van der Waals surface area contributed by atoms with Gasteiger partial charge in [-0.15, -0.1) is 6.58 Å². The van der Waals surface area contributed by atoms with Crippen LogP contribution >= 0.6 is 11.8 Å². The molecule has 0 bridgehead atoms. The van der Waals surface area contributed by atoms with Gasteiger partial charge in [0.1, 0.15) is 11.5 Å². The van der Waals surface area contributed by atoms with E-state index < -0.39 is 0 Å². The topological polar surface area (TPSA) is 51.1 Å². The van der Waals surface area contributed by atoms with Crippen LogP contribution in [0.4, 0.5) is 0 Å². The third kappa shape index (κ3) is 3.96. The number of thioether (sulfide) groups is 1. The highest BCUT2D eigenvalue weighted by atomic mass is 32.2. The van der Waals surface area contributed by atoms with Crippen molar-refractivity contribution in [2.24, 2.45) is 4.99 Å². The Kier molecular flexibility index (Phi) is 5.87. The molecule has 0 unspecified atom stereocenters. The smallest absolute Gasteiger partial charge is 0.266 e. The quantitative estimate of drug-likeness (QED) is 0.456. The lowest BCUT2D eigenvalue weighted by Gasteiger charge is -2.08. The molecule has 0 atom stereocenters. The van der Waals surface area contributed by atoms with E-state index in [4.69, 9.17) is 9.47 Å². The van der Waals surface area contributed by atoms with Crippen molar-refractivity contribution >= 4 is 28.9 Å². The lowest BCUT2D eigenvalue weighted by molar-refractivity contribution is -0.121. The first-order valence-electron chi connectivity index (χ1n) is 7.15. The fourth-order valence-electron chi connectivity index (χ4n) is 2.02. The Morgan fingerprint density at radius 3 is 2.78 bits per heavy atom. The largest absolute Gasteiger partial charge is 0.497 e. The van der Waals surface area contributed by atoms with Crippen LogP contribution in [0.25, 0.3) is 6.08 Å². The van der Waals surface area contributed by atoms with Crippen molar-refractivity contribution in [3.63, 3.8) is 0 Å². The number of nitrogens with zero attached hydrogens (tertiary/aromatic N) is 2. The van der Waals surface area contributed by atoms with Gasteiger partial charge in [0.25, 0.3) is 5.91 Å². The van der Waals surface area contributed by atoms with Crippen molar-refractivity contribution in [3.8, 4) is 11.5 Å². The molecule has 1 fully saturated rings. The summed E-state index contributed by atoms with van der Waals surface area (Å²) >= 11 is 1.37. The van der Waals surface area contributed by atoms with Crippen molar-refractivity contribution in [3.05, 3.63) is 41.3 Å². The number of amides is 1. The summed E-state index contributed by atoms with van der Waals surface area (Å²) in [5, 5.41) is 0.704. The summed E-state index contributed by atoms with van der Waals surface area (Å²) in [5.74, 6) is 1.30. The highest BCUT2D eigenvalue weighted by Crippen LogP contribution is 2.34. The first-order chi connectivity index (χ1) is 11.1.